The van der Waals surface area contributed by atoms with Crippen LogP contribution in [0.15, 0.2) is 72.9 Å². The largest absolute Gasteiger partial charge is 0.477 e. The fourth-order valence-electron chi connectivity index (χ4n) is 4.61. The van der Waals surface area contributed by atoms with Crippen LogP contribution < -0.4 is 10.1 Å². The monoisotopic (exact) mass is 517 g/mol. The van der Waals surface area contributed by atoms with E-state index in [1.807, 2.05) is 56.3 Å². The lowest BCUT2D eigenvalue weighted by molar-refractivity contribution is -0.125. The zero-order valence-electron chi connectivity index (χ0n) is 22.4. The molecule has 3 atom stereocenters. The Kier molecular flexibility index (Phi) is 8.77. The number of halogens is 1. The van der Waals surface area contributed by atoms with Crippen molar-refractivity contribution in [2.45, 2.75) is 58.3 Å². The molecule has 3 aromatic rings. The van der Waals surface area contributed by atoms with Crippen LogP contribution in [-0.2, 0) is 4.79 Å². The summed E-state index contributed by atoms with van der Waals surface area (Å²) in [6.45, 7) is 8.63. The predicted octanol–water partition coefficient (Wildman–Crippen LogP) is 5.70. The lowest BCUT2D eigenvalue weighted by Gasteiger charge is -2.27. The summed E-state index contributed by atoms with van der Waals surface area (Å²) >= 11 is 0. The minimum Gasteiger partial charge on any atom is -0.477 e. The van der Waals surface area contributed by atoms with Gasteiger partial charge in [-0.1, -0.05) is 82.3 Å². The number of alkyl halides is 1. The molecule has 0 saturated carbocycles. The van der Waals surface area contributed by atoms with Gasteiger partial charge in [-0.25, -0.2) is 9.37 Å². The number of likely N-dealkylation sites (tertiary alicyclic amines) is 1. The summed E-state index contributed by atoms with van der Waals surface area (Å²) < 4.78 is 20.3. The van der Waals surface area contributed by atoms with Crippen molar-refractivity contribution in [2.75, 3.05) is 13.2 Å². The molecule has 7 heteroatoms. The van der Waals surface area contributed by atoms with Crippen LogP contribution in [0.3, 0.4) is 0 Å². The molecular weight excluding hydrogens is 481 g/mol. The molecule has 0 spiro atoms. The van der Waals surface area contributed by atoms with E-state index >= 15 is 0 Å². The Labute approximate surface area is 224 Å². The van der Waals surface area contributed by atoms with Gasteiger partial charge in [0.25, 0.3) is 5.91 Å². The van der Waals surface area contributed by atoms with Crippen molar-refractivity contribution >= 4 is 11.8 Å². The van der Waals surface area contributed by atoms with Gasteiger partial charge in [-0.2, -0.15) is 0 Å². The van der Waals surface area contributed by atoms with E-state index in [-0.39, 0.29) is 18.9 Å². The first-order valence-corrected chi connectivity index (χ1v) is 13.2. The number of nitrogens with zero attached hydrogens (tertiary/aromatic N) is 2. The normalized spacial score (nSPS) is 18.0. The molecule has 1 aromatic heterocycles. The second-order valence-electron chi connectivity index (χ2n) is 10.6. The predicted molar refractivity (Wildman–Crippen MR) is 146 cm³/mol. The molecule has 2 aromatic carbocycles. The lowest BCUT2D eigenvalue weighted by Crippen LogP contribution is -2.47. The minimum atomic E-state index is -1.28. The molecular formula is C31H36FN3O3. The first kappa shape index (κ1) is 27.3. The number of carbonyl (C=O) groups is 2. The van der Waals surface area contributed by atoms with Crippen LogP contribution in [0.1, 0.15) is 73.1 Å². The van der Waals surface area contributed by atoms with Gasteiger partial charge in [-0.3, -0.25) is 9.59 Å². The summed E-state index contributed by atoms with van der Waals surface area (Å²) in [4.78, 5) is 32.5. The van der Waals surface area contributed by atoms with Gasteiger partial charge < -0.3 is 15.0 Å². The third kappa shape index (κ3) is 6.57. The van der Waals surface area contributed by atoms with Gasteiger partial charge in [0.15, 0.2) is 0 Å². The van der Waals surface area contributed by atoms with Crippen molar-refractivity contribution in [1.82, 2.24) is 15.2 Å². The fourth-order valence-corrected chi connectivity index (χ4v) is 4.61. The second kappa shape index (κ2) is 12.2. The van der Waals surface area contributed by atoms with Crippen LogP contribution in [0.5, 0.6) is 5.88 Å². The van der Waals surface area contributed by atoms with Gasteiger partial charge in [0, 0.05) is 24.2 Å². The number of pyridine rings is 1. The number of amides is 2. The molecule has 1 aliphatic rings. The van der Waals surface area contributed by atoms with Crippen molar-refractivity contribution in [3.63, 3.8) is 0 Å². The zero-order valence-corrected chi connectivity index (χ0v) is 22.4. The lowest BCUT2D eigenvalue weighted by atomic mass is 9.95. The molecule has 4 rings (SSSR count). The third-order valence-corrected chi connectivity index (χ3v) is 6.72. The Hall–Kier alpha value is -3.74. The highest BCUT2D eigenvalue weighted by Crippen LogP contribution is 2.28. The number of hydrogen-bond donors (Lipinski definition) is 1. The van der Waals surface area contributed by atoms with Crippen LogP contribution in [0.2, 0.25) is 0 Å². The Balaban J connectivity index is 1.56. The SMILES string of the molecule is CC(C)COc1cc(C(=O)N2CC(F)CC2C(=O)NC(c2ccccc2)c2ccc(C(C)C)cc2)ccn1. The average Bonchev–Trinajstić information content (AvgIpc) is 3.32. The second-order valence-corrected chi connectivity index (χ2v) is 10.6. The van der Waals surface area contributed by atoms with Crippen LogP contribution in [0, 0.1) is 5.92 Å². The highest BCUT2D eigenvalue weighted by molar-refractivity contribution is 5.98. The molecule has 38 heavy (non-hydrogen) atoms. The average molecular weight is 518 g/mol. The molecule has 3 unspecified atom stereocenters. The number of nitrogens with one attached hydrogen (secondary N) is 1. The maximum atomic E-state index is 14.6. The van der Waals surface area contributed by atoms with Gasteiger partial charge >= 0.3 is 0 Å². The van der Waals surface area contributed by atoms with Crippen molar-refractivity contribution in [3.05, 3.63) is 95.2 Å². The topological polar surface area (TPSA) is 71.5 Å². The number of carbonyl (C=O) groups excluding carboxylic acids is 2. The van der Waals surface area contributed by atoms with Crippen molar-refractivity contribution < 1.29 is 18.7 Å². The van der Waals surface area contributed by atoms with Crippen LogP contribution in [0.25, 0.3) is 0 Å². The molecule has 1 N–H and O–H groups in total. The quantitative estimate of drug-likeness (QED) is 0.395. The van der Waals surface area contributed by atoms with Gasteiger partial charge in [0.2, 0.25) is 11.8 Å². The maximum Gasteiger partial charge on any atom is 0.254 e. The van der Waals surface area contributed by atoms with E-state index in [9.17, 15) is 14.0 Å². The van der Waals surface area contributed by atoms with E-state index in [0.717, 1.165) is 11.1 Å². The van der Waals surface area contributed by atoms with Gasteiger partial charge in [0.1, 0.15) is 12.2 Å². The molecule has 1 fully saturated rings. The van der Waals surface area contributed by atoms with Gasteiger partial charge in [-0.15, -0.1) is 0 Å². The smallest absolute Gasteiger partial charge is 0.254 e. The highest BCUT2D eigenvalue weighted by atomic mass is 19.1. The Bertz CT molecular complexity index is 1230. The summed E-state index contributed by atoms with van der Waals surface area (Å²) in [6, 6.07) is 19.6. The van der Waals surface area contributed by atoms with Crippen molar-refractivity contribution in [1.29, 1.82) is 0 Å². The number of hydrogen-bond acceptors (Lipinski definition) is 4. The van der Waals surface area contributed by atoms with E-state index in [4.69, 9.17) is 4.74 Å². The molecule has 1 aliphatic heterocycles. The number of rotatable bonds is 9. The molecule has 0 radical (unpaired) electrons. The number of aromatic nitrogens is 1. The molecule has 0 bridgehead atoms. The first-order valence-electron chi connectivity index (χ1n) is 13.2. The van der Waals surface area contributed by atoms with E-state index < -0.39 is 24.2 Å². The summed E-state index contributed by atoms with van der Waals surface area (Å²) in [6.07, 6.45) is 0.161. The van der Waals surface area contributed by atoms with E-state index in [2.05, 4.69) is 36.3 Å². The summed E-state index contributed by atoms with van der Waals surface area (Å²) in [5.74, 6) is 0.216. The van der Waals surface area contributed by atoms with Crippen LogP contribution in [-0.4, -0.2) is 47.1 Å². The van der Waals surface area contributed by atoms with E-state index in [0.29, 0.717) is 29.9 Å². The maximum absolute atomic E-state index is 14.6. The number of ether oxygens (including phenoxy) is 1. The third-order valence-electron chi connectivity index (χ3n) is 6.72. The first-order chi connectivity index (χ1) is 18.2. The Morgan fingerprint density at radius 2 is 1.66 bits per heavy atom. The van der Waals surface area contributed by atoms with Crippen molar-refractivity contribution in [2.24, 2.45) is 5.92 Å². The Morgan fingerprint density at radius 1 is 1.00 bits per heavy atom. The highest BCUT2D eigenvalue weighted by Gasteiger charge is 2.41. The van der Waals surface area contributed by atoms with E-state index in [1.54, 1.807) is 12.1 Å². The van der Waals surface area contributed by atoms with Gasteiger partial charge in [0.05, 0.1) is 19.2 Å². The number of benzene rings is 2. The Morgan fingerprint density at radius 3 is 2.32 bits per heavy atom. The molecule has 2 heterocycles. The summed E-state index contributed by atoms with van der Waals surface area (Å²) in [5.41, 5.74) is 3.35. The standard InChI is InChI=1S/C31H36FN3O3/c1-20(2)19-38-28-16-25(14-15-33-28)31(37)35-18-26(32)17-27(35)30(36)34-29(23-8-6-5-7-9-23)24-12-10-22(11-13-24)21(3)4/h5-16,20-21,26-27,29H,17-19H2,1-4H3,(H,34,36). The molecule has 6 nitrogen and oxygen atoms in total. The zero-order chi connectivity index (χ0) is 27.2. The van der Waals surface area contributed by atoms with Crippen LogP contribution in [0.4, 0.5) is 4.39 Å². The fraction of sp³-hybridized carbons (Fsp3) is 0.387. The minimum absolute atomic E-state index is 0.0485. The van der Waals surface area contributed by atoms with E-state index in [1.165, 1.54) is 16.7 Å². The summed E-state index contributed by atoms with van der Waals surface area (Å²) in [7, 11) is 0. The van der Waals surface area contributed by atoms with Crippen LogP contribution >= 0.6 is 0 Å². The summed E-state index contributed by atoms with van der Waals surface area (Å²) in [5, 5.41) is 3.10. The molecule has 0 aliphatic carbocycles. The molecule has 2 amide bonds. The molecule has 1 saturated heterocycles. The van der Waals surface area contributed by atoms with Gasteiger partial charge in [-0.05, 0) is 34.6 Å². The van der Waals surface area contributed by atoms with Crippen molar-refractivity contribution in [3.8, 4) is 5.88 Å². The molecule has 200 valence electrons.